The molecular formula is C26H28N2O7S. The van der Waals surface area contributed by atoms with Crippen molar-refractivity contribution in [2.24, 2.45) is 0 Å². The summed E-state index contributed by atoms with van der Waals surface area (Å²) in [6.07, 6.45) is 1.42. The number of hydrogen-bond donors (Lipinski definition) is 2. The Bertz CT molecular complexity index is 1340. The number of carbonyl (C=O) groups excluding carboxylic acids is 1. The second-order valence-corrected chi connectivity index (χ2v) is 9.55. The third kappa shape index (κ3) is 6.48. The van der Waals surface area contributed by atoms with Crippen LogP contribution in [-0.4, -0.2) is 42.8 Å². The van der Waals surface area contributed by atoms with Crippen molar-refractivity contribution < 1.29 is 32.2 Å². The Kier molecular flexibility index (Phi) is 8.44. The lowest BCUT2D eigenvalue weighted by molar-refractivity contribution is 0.102. The van der Waals surface area contributed by atoms with Gasteiger partial charge in [-0.05, 0) is 48.0 Å². The fourth-order valence-corrected chi connectivity index (χ4v) is 4.50. The molecule has 0 aromatic heterocycles. The van der Waals surface area contributed by atoms with Gasteiger partial charge in [0.2, 0.25) is 0 Å². The van der Waals surface area contributed by atoms with Crippen molar-refractivity contribution in [3.05, 3.63) is 76.7 Å². The van der Waals surface area contributed by atoms with Crippen LogP contribution in [0.1, 0.15) is 21.5 Å². The highest BCUT2D eigenvalue weighted by molar-refractivity contribution is 7.93. The van der Waals surface area contributed by atoms with Crippen LogP contribution in [0.15, 0.2) is 60.0 Å². The van der Waals surface area contributed by atoms with E-state index in [0.29, 0.717) is 51.1 Å². The van der Waals surface area contributed by atoms with E-state index < -0.39 is 9.84 Å². The average molecular weight is 513 g/mol. The number of anilines is 2. The Morgan fingerprint density at radius 1 is 0.861 bits per heavy atom. The highest BCUT2D eigenvalue weighted by atomic mass is 32.2. The molecule has 0 radical (unpaired) electrons. The van der Waals surface area contributed by atoms with E-state index in [0.717, 1.165) is 5.41 Å². The van der Waals surface area contributed by atoms with Crippen molar-refractivity contribution in [3.63, 3.8) is 0 Å². The van der Waals surface area contributed by atoms with Crippen molar-refractivity contribution >= 4 is 33.2 Å². The van der Waals surface area contributed by atoms with Gasteiger partial charge in [0.1, 0.15) is 23.0 Å². The van der Waals surface area contributed by atoms with Crippen LogP contribution in [0.25, 0.3) is 6.08 Å². The number of hydrogen-bond acceptors (Lipinski definition) is 8. The first-order chi connectivity index (χ1) is 17.2. The van der Waals surface area contributed by atoms with Crippen molar-refractivity contribution in [1.82, 2.24) is 0 Å². The summed E-state index contributed by atoms with van der Waals surface area (Å²) in [6, 6.07) is 14.5. The Labute approximate surface area is 210 Å². The molecule has 3 N–H and O–H groups in total. The fraction of sp³-hybridized carbons (Fsp3) is 0.192. The minimum atomic E-state index is -3.71. The van der Waals surface area contributed by atoms with Crippen LogP contribution < -0.4 is 30.0 Å². The first-order valence-corrected chi connectivity index (χ1v) is 12.5. The third-order valence-electron chi connectivity index (χ3n) is 5.25. The number of methoxy groups -OCH3 is 4. The molecule has 0 fully saturated rings. The van der Waals surface area contributed by atoms with Crippen molar-refractivity contribution in [1.29, 1.82) is 0 Å². The summed E-state index contributed by atoms with van der Waals surface area (Å²) in [4.78, 5) is 12.6. The SMILES string of the molecule is COc1cc(OC)c(/C=C/S(=O)(=O)Cc2ccc(OC)c(NC(=O)c3ccc(N)cc3)c2)c(OC)c1. The first-order valence-electron chi connectivity index (χ1n) is 10.7. The van der Waals surface area contributed by atoms with Gasteiger partial charge >= 0.3 is 0 Å². The van der Waals surface area contributed by atoms with Gasteiger partial charge in [-0.25, -0.2) is 8.42 Å². The quantitative estimate of drug-likeness (QED) is 0.388. The zero-order valence-electron chi connectivity index (χ0n) is 20.4. The Morgan fingerprint density at radius 3 is 2.03 bits per heavy atom. The molecule has 0 atom stereocenters. The number of ether oxygens (including phenoxy) is 4. The van der Waals surface area contributed by atoms with Crippen LogP contribution in [0.4, 0.5) is 11.4 Å². The van der Waals surface area contributed by atoms with Crippen LogP contribution in [-0.2, 0) is 15.6 Å². The van der Waals surface area contributed by atoms with E-state index in [2.05, 4.69) is 5.32 Å². The highest BCUT2D eigenvalue weighted by Crippen LogP contribution is 2.35. The van der Waals surface area contributed by atoms with E-state index in [1.54, 1.807) is 54.6 Å². The molecule has 3 aromatic rings. The lowest BCUT2D eigenvalue weighted by atomic mass is 10.1. The molecule has 0 unspecified atom stereocenters. The van der Waals surface area contributed by atoms with E-state index in [1.165, 1.54) is 34.5 Å². The molecule has 1 amide bonds. The summed E-state index contributed by atoms with van der Waals surface area (Å²) in [6.45, 7) is 0. The Hall–Kier alpha value is -4.18. The van der Waals surface area contributed by atoms with Gasteiger partial charge < -0.3 is 30.0 Å². The maximum atomic E-state index is 12.9. The summed E-state index contributed by atoms with van der Waals surface area (Å²) in [7, 11) is 2.20. The highest BCUT2D eigenvalue weighted by Gasteiger charge is 2.16. The van der Waals surface area contributed by atoms with Gasteiger partial charge in [-0.3, -0.25) is 4.79 Å². The molecule has 0 bridgehead atoms. The van der Waals surface area contributed by atoms with Gasteiger partial charge in [0.25, 0.3) is 5.91 Å². The van der Waals surface area contributed by atoms with Crippen LogP contribution in [0, 0.1) is 0 Å². The topological polar surface area (TPSA) is 126 Å². The lowest BCUT2D eigenvalue weighted by Gasteiger charge is -2.13. The molecule has 0 saturated carbocycles. The van der Waals surface area contributed by atoms with Crippen molar-refractivity contribution in [2.75, 3.05) is 39.5 Å². The van der Waals surface area contributed by atoms with Gasteiger partial charge in [0.05, 0.1) is 45.4 Å². The molecule has 9 nitrogen and oxygen atoms in total. The Balaban J connectivity index is 1.85. The molecule has 0 aliphatic rings. The fourth-order valence-electron chi connectivity index (χ4n) is 3.42. The minimum absolute atomic E-state index is 0.307. The van der Waals surface area contributed by atoms with Gasteiger partial charge in [0.15, 0.2) is 9.84 Å². The number of nitrogens with one attached hydrogen (secondary N) is 1. The van der Waals surface area contributed by atoms with Crippen molar-refractivity contribution in [3.8, 4) is 23.0 Å². The van der Waals surface area contributed by atoms with E-state index in [-0.39, 0.29) is 11.7 Å². The van der Waals surface area contributed by atoms with Gasteiger partial charge in [-0.15, -0.1) is 0 Å². The monoisotopic (exact) mass is 512 g/mol. The summed E-state index contributed by atoms with van der Waals surface area (Å²) >= 11 is 0. The van der Waals surface area contributed by atoms with Crippen LogP contribution >= 0.6 is 0 Å². The minimum Gasteiger partial charge on any atom is -0.496 e. The number of rotatable bonds is 10. The molecule has 190 valence electrons. The molecule has 0 aliphatic heterocycles. The molecule has 0 spiro atoms. The largest absolute Gasteiger partial charge is 0.496 e. The average Bonchev–Trinajstić information content (AvgIpc) is 2.87. The molecule has 0 saturated heterocycles. The number of nitrogens with two attached hydrogens (primary N) is 1. The van der Waals surface area contributed by atoms with E-state index in [4.69, 9.17) is 24.7 Å². The molecule has 0 aliphatic carbocycles. The summed E-state index contributed by atoms with van der Waals surface area (Å²) in [5.41, 5.74) is 7.87. The normalized spacial score (nSPS) is 11.2. The van der Waals surface area contributed by atoms with Crippen LogP contribution in [0.2, 0.25) is 0 Å². The van der Waals surface area contributed by atoms with Gasteiger partial charge in [-0.1, -0.05) is 6.07 Å². The predicted molar refractivity (Wildman–Crippen MR) is 140 cm³/mol. The molecule has 10 heteroatoms. The number of carbonyl (C=O) groups is 1. The zero-order chi connectivity index (χ0) is 26.3. The number of benzene rings is 3. The maximum Gasteiger partial charge on any atom is 0.255 e. The standard InChI is InChI=1S/C26H28N2O7S/c1-32-20-14-24(34-3)21(25(15-20)35-4)11-12-36(30,31)16-17-5-10-23(33-2)22(13-17)28-26(29)18-6-8-19(27)9-7-18/h5-15H,16,27H2,1-4H3,(H,28,29)/b12-11+. The zero-order valence-corrected chi connectivity index (χ0v) is 21.2. The van der Waals surface area contributed by atoms with Crippen molar-refractivity contribution in [2.45, 2.75) is 5.75 Å². The lowest BCUT2D eigenvalue weighted by Crippen LogP contribution is -2.13. The molecule has 36 heavy (non-hydrogen) atoms. The Morgan fingerprint density at radius 2 is 1.47 bits per heavy atom. The second kappa shape index (κ2) is 11.5. The summed E-state index contributed by atoms with van der Waals surface area (Å²) in [5, 5.41) is 3.85. The summed E-state index contributed by atoms with van der Waals surface area (Å²) < 4.78 is 47.1. The molecule has 3 aromatic carbocycles. The number of amides is 1. The number of sulfone groups is 1. The molecule has 0 heterocycles. The summed E-state index contributed by atoms with van der Waals surface area (Å²) in [5.74, 6) is 1.01. The third-order valence-corrected chi connectivity index (χ3v) is 6.53. The van der Waals surface area contributed by atoms with E-state index in [1.807, 2.05) is 0 Å². The van der Waals surface area contributed by atoms with Gasteiger partial charge in [-0.2, -0.15) is 0 Å². The molecule has 3 rings (SSSR count). The molecular weight excluding hydrogens is 484 g/mol. The second-order valence-electron chi connectivity index (χ2n) is 7.67. The van der Waals surface area contributed by atoms with E-state index in [9.17, 15) is 13.2 Å². The van der Waals surface area contributed by atoms with E-state index >= 15 is 0 Å². The maximum absolute atomic E-state index is 12.9. The predicted octanol–water partition coefficient (Wildman–Crippen LogP) is 4.14. The first kappa shape index (κ1) is 26.4. The number of nitrogen functional groups attached to an aromatic ring is 1. The van der Waals surface area contributed by atoms with Crippen LogP contribution in [0.5, 0.6) is 23.0 Å². The smallest absolute Gasteiger partial charge is 0.255 e. The van der Waals surface area contributed by atoms with Gasteiger partial charge in [0, 0.05) is 28.8 Å². The van der Waals surface area contributed by atoms with Crippen LogP contribution in [0.3, 0.4) is 0 Å².